The monoisotopic (exact) mass is 646 g/mol. The molecule has 2 aliphatic heterocycles. The Kier molecular flexibility index (Phi) is 7.77. The Morgan fingerprint density at radius 3 is 1.02 bits per heavy atom. The van der Waals surface area contributed by atoms with Crippen LogP contribution in [-0.2, 0) is 18.9 Å². The van der Waals surface area contributed by atoms with Crippen LogP contribution in [0.15, 0.2) is 0 Å². The van der Waals surface area contributed by atoms with Crippen molar-refractivity contribution in [2.24, 2.45) is 0 Å². The van der Waals surface area contributed by atoms with Crippen LogP contribution in [0.1, 0.15) is 13.8 Å². The number of rotatable bonds is 4. The summed E-state index contributed by atoms with van der Waals surface area (Å²) >= 11 is 0. The summed E-state index contributed by atoms with van der Waals surface area (Å²) in [5.74, 6) is -38.2. The van der Waals surface area contributed by atoms with Gasteiger partial charge in [-0.25, -0.2) is 35.1 Å². The highest BCUT2D eigenvalue weighted by atomic mass is 19.4. The smallest absolute Gasteiger partial charge is 0.323 e. The third-order valence-electron chi connectivity index (χ3n) is 5.31. The highest BCUT2D eigenvalue weighted by Gasteiger charge is 2.88. The van der Waals surface area contributed by atoms with E-state index in [9.17, 15) is 79.0 Å². The van der Waals surface area contributed by atoms with Gasteiger partial charge in [-0.3, -0.25) is 0 Å². The maximum absolute atomic E-state index is 15.2. The molecule has 4 unspecified atom stereocenters. The molecule has 0 amide bonds. The predicted octanol–water partition coefficient (Wildman–Crippen LogP) is 6.78. The third kappa shape index (κ3) is 5.13. The first-order valence-corrected chi connectivity index (χ1v) is 9.60. The van der Waals surface area contributed by atoms with Gasteiger partial charge >= 0.3 is 48.1 Å². The van der Waals surface area contributed by atoms with Crippen LogP contribution in [0.25, 0.3) is 0 Å². The van der Waals surface area contributed by atoms with Gasteiger partial charge in [0.15, 0.2) is 24.4 Å². The van der Waals surface area contributed by atoms with Gasteiger partial charge in [0.1, 0.15) is 0 Å². The number of hydrogen-bond donors (Lipinski definition) is 0. The molecule has 2 saturated heterocycles. The summed E-state index contributed by atoms with van der Waals surface area (Å²) < 4.78 is 286. The molecule has 0 N–H and O–H groups in total. The maximum atomic E-state index is 15.2. The van der Waals surface area contributed by atoms with Gasteiger partial charge in [-0.2, -0.15) is 52.7 Å². The predicted molar refractivity (Wildman–Crippen MR) is 80.3 cm³/mol. The molecule has 238 valence electrons. The summed E-state index contributed by atoms with van der Waals surface area (Å²) in [6.07, 6.45) is -50.2. The Hall–Kier alpha value is -1.56. The zero-order valence-electron chi connectivity index (χ0n) is 18.5. The van der Waals surface area contributed by atoms with E-state index in [2.05, 4.69) is 18.9 Å². The zero-order chi connectivity index (χ0) is 32.1. The molecule has 0 spiro atoms. The van der Waals surface area contributed by atoms with Crippen molar-refractivity contribution in [2.45, 2.75) is 98.2 Å². The van der Waals surface area contributed by atoms with Gasteiger partial charge in [0.05, 0.1) is 0 Å². The second-order valence-electron chi connectivity index (χ2n) is 8.56. The van der Waals surface area contributed by atoms with Crippen molar-refractivity contribution in [3.8, 4) is 0 Å². The van der Waals surface area contributed by atoms with Crippen LogP contribution in [0.4, 0.5) is 87.8 Å². The van der Waals surface area contributed by atoms with Crippen LogP contribution in [0, 0.1) is 0 Å². The van der Waals surface area contributed by atoms with Crippen LogP contribution in [-0.4, -0.2) is 84.4 Å². The van der Waals surface area contributed by atoms with Crippen LogP contribution in [0.2, 0.25) is 0 Å². The van der Waals surface area contributed by atoms with Crippen LogP contribution >= 0.6 is 0 Å². The van der Waals surface area contributed by atoms with Crippen molar-refractivity contribution in [2.75, 3.05) is 0 Å². The molecular formula is C16H10F20O4. The Morgan fingerprint density at radius 2 is 0.725 bits per heavy atom. The first-order chi connectivity index (χ1) is 17.1. The highest BCUT2D eigenvalue weighted by Crippen LogP contribution is 2.61. The van der Waals surface area contributed by atoms with Crippen LogP contribution < -0.4 is 0 Å². The fraction of sp³-hybridized carbons (Fsp3) is 1.00. The van der Waals surface area contributed by atoms with E-state index in [1.807, 2.05) is 0 Å². The van der Waals surface area contributed by atoms with Gasteiger partial charge in [-0.1, -0.05) is 0 Å². The van der Waals surface area contributed by atoms with Crippen molar-refractivity contribution in [3.05, 3.63) is 0 Å². The van der Waals surface area contributed by atoms with Crippen molar-refractivity contribution < 1.29 is 107 Å². The van der Waals surface area contributed by atoms with E-state index in [-0.39, 0.29) is 0 Å². The molecule has 2 rings (SSSR count). The largest absolute Gasteiger partial charge is 0.453 e. The second-order valence-corrected chi connectivity index (χ2v) is 8.56. The number of halogens is 20. The maximum Gasteiger partial charge on any atom is 0.453 e. The van der Waals surface area contributed by atoms with Gasteiger partial charge in [-0.15, -0.1) is 0 Å². The molecule has 0 bridgehead atoms. The summed E-state index contributed by atoms with van der Waals surface area (Å²) in [5, 5.41) is 0. The lowest BCUT2D eigenvalue weighted by molar-refractivity contribution is -0.545. The number of ether oxygens (including phenoxy) is 4. The molecule has 0 radical (unpaired) electrons. The van der Waals surface area contributed by atoms with Crippen molar-refractivity contribution in [1.29, 1.82) is 0 Å². The summed E-state index contributed by atoms with van der Waals surface area (Å²) in [6, 6.07) is 0. The lowest BCUT2D eigenvalue weighted by Crippen LogP contribution is -2.77. The summed E-state index contributed by atoms with van der Waals surface area (Å²) in [7, 11) is 0. The van der Waals surface area contributed by atoms with Gasteiger partial charge < -0.3 is 18.9 Å². The van der Waals surface area contributed by atoms with Crippen LogP contribution in [0.3, 0.4) is 0 Å². The Labute approximate surface area is 206 Å². The van der Waals surface area contributed by atoms with E-state index >= 15 is 8.78 Å². The molecular weight excluding hydrogens is 636 g/mol. The number of hydrogen-bond acceptors (Lipinski definition) is 4. The molecule has 0 aliphatic carbocycles. The Balaban J connectivity index is 2.91. The minimum Gasteiger partial charge on any atom is -0.323 e. The molecule has 0 aromatic rings. The molecule has 0 aromatic carbocycles. The topological polar surface area (TPSA) is 36.9 Å². The van der Waals surface area contributed by atoms with Gasteiger partial charge in [0.25, 0.3) is 11.8 Å². The van der Waals surface area contributed by atoms with Gasteiger partial charge in [0, 0.05) is 13.8 Å². The average molecular weight is 646 g/mol. The van der Waals surface area contributed by atoms with Crippen LogP contribution in [0.5, 0.6) is 0 Å². The van der Waals surface area contributed by atoms with E-state index in [0.717, 1.165) is 0 Å². The first-order valence-electron chi connectivity index (χ1n) is 9.60. The second kappa shape index (κ2) is 8.97. The van der Waals surface area contributed by atoms with Gasteiger partial charge in [-0.05, 0) is 0 Å². The molecule has 2 fully saturated rings. The first kappa shape index (κ1) is 34.6. The van der Waals surface area contributed by atoms with E-state index in [1.165, 1.54) is 0 Å². The Bertz CT molecular complexity index is 907. The standard InChI is InChI=1S/C16H10F20O4/c1-7(17,18)3-4(38-11(37-3,13(25,26)27)14(28,29)30)9(21,22)6-10(23,24)5(8(2,19)20)39-12(40-6,15(31,32)33)16(34,35)36/h3-6H,1-2H3. The normalized spacial score (nSPS) is 30.4. The molecule has 4 atom stereocenters. The number of alkyl halides is 20. The fourth-order valence-electron chi connectivity index (χ4n) is 3.59. The lowest BCUT2D eigenvalue weighted by Gasteiger charge is -2.51. The zero-order valence-corrected chi connectivity index (χ0v) is 18.5. The molecule has 40 heavy (non-hydrogen) atoms. The molecule has 2 aliphatic rings. The van der Waals surface area contributed by atoms with Gasteiger partial charge in [0.2, 0.25) is 0 Å². The minimum atomic E-state index is -7.40. The van der Waals surface area contributed by atoms with E-state index < -0.39 is 98.2 Å². The lowest BCUT2D eigenvalue weighted by atomic mass is 9.89. The molecule has 2 heterocycles. The molecule has 0 saturated carbocycles. The van der Waals surface area contributed by atoms with Crippen molar-refractivity contribution in [1.82, 2.24) is 0 Å². The van der Waals surface area contributed by atoms with Crippen molar-refractivity contribution >= 4 is 0 Å². The molecule has 0 aromatic heterocycles. The summed E-state index contributed by atoms with van der Waals surface area (Å²) in [6.45, 7) is -1.69. The summed E-state index contributed by atoms with van der Waals surface area (Å²) in [5.41, 5.74) is 0. The summed E-state index contributed by atoms with van der Waals surface area (Å²) in [4.78, 5) is 0. The van der Waals surface area contributed by atoms with E-state index in [4.69, 9.17) is 0 Å². The fourth-order valence-corrected chi connectivity index (χ4v) is 3.59. The quantitative estimate of drug-likeness (QED) is 0.316. The molecule has 24 heteroatoms. The Morgan fingerprint density at radius 1 is 0.425 bits per heavy atom. The van der Waals surface area contributed by atoms with E-state index in [1.54, 1.807) is 0 Å². The third-order valence-corrected chi connectivity index (χ3v) is 5.31. The SMILES string of the molecule is CC(F)(F)C1OC(C(F)(F)F)(C(F)(F)F)OC1C(F)(F)C1OC(C(F)(F)F)(C(F)(F)F)OC(C(C)(F)F)C1(F)F. The minimum absolute atomic E-state index is 0.783. The van der Waals surface area contributed by atoms with E-state index in [0.29, 0.717) is 0 Å². The highest BCUT2D eigenvalue weighted by molar-refractivity contribution is 5.12. The molecule has 4 nitrogen and oxygen atoms in total. The van der Waals surface area contributed by atoms with Crippen molar-refractivity contribution in [3.63, 3.8) is 0 Å². The average Bonchev–Trinajstić information content (AvgIpc) is 3.08.